The molecule has 2 amide bonds. The summed E-state index contributed by atoms with van der Waals surface area (Å²) in [6, 6.07) is 6.27. The molecule has 9 nitrogen and oxygen atoms in total. The molecule has 2 fully saturated rings. The fourth-order valence-electron chi connectivity index (χ4n) is 6.60. The van der Waals surface area contributed by atoms with Crippen molar-refractivity contribution in [2.45, 2.75) is 49.1 Å². The van der Waals surface area contributed by atoms with Crippen LogP contribution in [-0.2, 0) is 33.2 Å². The minimum atomic E-state index is -4.87. The van der Waals surface area contributed by atoms with E-state index in [0.717, 1.165) is 42.0 Å². The highest BCUT2D eigenvalue weighted by Gasteiger charge is 2.53. The van der Waals surface area contributed by atoms with Gasteiger partial charge in [-0.1, -0.05) is 12.1 Å². The average molecular weight is 772 g/mol. The van der Waals surface area contributed by atoms with Gasteiger partial charge in [0.25, 0.3) is 11.8 Å². The van der Waals surface area contributed by atoms with E-state index in [1.807, 2.05) is 0 Å². The molecule has 0 radical (unpaired) electrons. The molecule has 53 heavy (non-hydrogen) atoms. The summed E-state index contributed by atoms with van der Waals surface area (Å²) in [6.07, 6.45) is -8.32. The van der Waals surface area contributed by atoms with Crippen molar-refractivity contribution >= 4 is 29.3 Å². The van der Waals surface area contributed by atoms with E-state index in [1.54, 1.807) is 6.92 Å². The third kappa shape index (κ3) is 7.86. The van der Waals surface area contributed by atoms with Crippen molar-refractivity contribution in [3.05, 3.63) is 88.4 Å². The van der Waals surface area contributed by atoms with Crippen LogP contribution in [0.15, 0.2) is 64.9 Å². The predicted molar refractivity (Wildman–Crippen MR) is 177 cm³/mol. The monoisotopic (exact) mass is 771 g/mol. The highest BCUT2D eigenvalue weighted by atomic mass is 32.2. The van der Waals surface area contributed by atoms with Crippen LogP contribution < -0.4 is 5.32 Å². The van der Waals surface area contributed by atoms with E-state index in [0.29, 0.717) is 56.3 Å². The van der Waals surface area contributed by atoms with Gasteiger partial charge in [0.15, 0.2) is 11.6 Å². The Kier molecular flexibility index (Phi) is 10.8. The standard InChI is InChI=1S/C35H33F8N5O4S/c1-33-9-2-10-48(33)47(19-21-3-7-25(29(37)28(21)36)53-16-13-46-11-14-52-15-12-46)32(51)27(30(33)49)31(50)45-24-6-5-22(34(38,39)40)17-23(24)20-4-8-26(44-18-20)35(41,42)43/h3-8,17-18,49H,2,9-16,19H2,1H3,(H,45,50). The van der Waals surface area contributed by atoms with E-state index in [9.17, 15) is 41.0 Å². The minimum Gasteiger partial charge on any atom is -0.509 e. The van der Waals surface area contributed by atoms with E-state index in [4.69, 9.17) is 4.74 Å². The maximum absolute atomic E-state index is 15.5. The number of ether oxygens (including phenoxy) is 1. The number of rotatable bonds is 9. The van der Waals surface area contributed by atoms with Crippen LogP contribution in [0.2, 0.25) is 0 Å². The van der Waals surface area contributed by atoms with Crippen LogP contribution >= 0.6 is 11.8 Å². The number of thioether (sulfide) groups is 1. The summed E-state index contributed by atoms with van der Waals surface area (Å²) in [7, 11) is 0. The zero-order valence-corrected chi connectivity index (χ0v) is 28.9. The van der Waals surface area contributed by atoms with Crippen LogP contribution in [0.3, 0.4) is 0 Å². The number of pyridine rings is 1. The molecule has 1 unspecified atom stereocenters. The summed E-state index contributed by atoms with van der Waals surface area (Å²) in [5.41, 5.74) is -5.75. The molecule has 4 heterocycles. The summed E-state index contributed by atoms with van der Waals surface area (Å²) >= 11 is 1.14. The molecule has 0 bridgehead atoms. The number of nitrogens with zero attached hydrogens (tertiary/aromatic N) is 4. The fraction of sp³-hybridized carbons (Fsp3) is 0.400. The number of aliphatic hydroxyl groups is 1. The van der Waals surface area contributed by atoms with Crippen molar-refractivity contribution in [1.29, 1.82) is 0 Å². The van der Waals surface area contributed by atoms with Crippen LogP contribution in [0.25, 0.3) is 11.1 Å². The van der Waals surface area contributed by atoms with Gasteiger partial charge in [-0.3, -0.25) is 24.5 Å². The number of amides is 2. The predicted octanol–water partition coefficient (Wildman–Crippen LogP) is 7.05. The number of carbonyl (C=O) groups is 2. The molecule has 2 N–H and O–H groups in total. The van der Waals surface area contributed by atoms with Gasteiger partial charge in [-0.15, -0.1) is 11.8 Å². The van der Waals surface area contributed by atoms with Gasteiger partial charge < -0.3 is 15.2 Å². The lowest BCUT2D eigenvalue weighted by Crippen LogP contribution is -2.60. The number of hydrazine groups is 1. The maximum Gasteiger partial charge on any atom is 0.433 e. The minimum absolute atomic E-state index is 0.0729. The number of morpholine rings is 1. The molecule has 284 valence electrons. The SMILES string of the molecule is CC12CCCN1N(Cc1ccc(SCCN3CCOCC3)c(F)c1F)C(=O)C(C(=O)Nc1ccc(C(F)(F)F)cc1-c1ccc(C(F)(F)F)nc1)=C2O. The third-order valence-electron chi connectivity index (χ3n) is 9.49. The van der Waals surface area contributed by atoms with Crippen molar-refractivity contribution in [2.24, 2.45) is 0 Å². The number of anilines is 1. The molecule has 6 rings (SSSR count). The van der Waals surface area contributed by atoms with Crippen LogP contribution in [0.5, 0.6) is 0 Å². The zero-order valence-electron chi connectivity index (χ0n) is 28.1. The van der Waals surface area contributed by atoms with E-state index >= 15 is 8.78 Å². The average Bonchev–Trinajstić information content (AvgIpc) is 3.52. The third-order valence-corrected chi connectivity index (χ3v) is 10.5. The molecule has 3 aliphatic rings. The van der Waals surface area contributed by atoms with Crippen LogP contribution in [0.4, 0.5) is 40.8 Å². The van der Waals surface area contributed by atoms with E-state index < -0.39 is 70.5 Å². The first kappa shape index (κ1) is 38.5. The molecule has 0 saturated carbocycles. The highest BCUT2D eigenvalue weighted by Crippen LogP contribution is 2.43. The summed E-state index contributed by atoms with van der Waals surface area (Å²) in [6.45, 7) is 4.55. The number of fused-ring (bicyclic) bond motifs is 1. The van der Waals surface area contributed by atoms with Gasteiger partial charge in [0, 0.05) is 65.4 Å². The van der Waals surface area contributed by atoms with Crippen LogP contribution in [-0.4, -0.2) is 87.5 Å². The molecule has 18 heteroatoms. The number of halogens is 8. The van der Waals surface area contributed by atoms with Gasteiger partial charge in [0.05, 0.1) is 30.9 Å². The van der Waals surface area contributed by atoms with E-state index in [1.165, 1.54) is 17.1 Å². The van der Waals surface area contributed by atoms with Gasteiger partial charge >= 0.3 is 12.4 Å². The zero-order chi connectivity index (χ0) is 38.3. The summed E-state index contributed by atoms with van der Waals surface area (Å²) < 4.78 is 117. The van der Waals surface area contributed by atoms with Gasteiger partial charge in [0.2, 0.25) is 0 Å². The molecule has 3 aliphatic heterocycles. The Balaban J connectivity index is 1.27. The number of benzene rings is 2. The molecule has 1 aromatic heterocycles. The van der Waals surface area contributed by atoms with Gasteiger partial charge in [-0.05, 0) is 50.1 Å². The van der Waals surface area contributed by atoms with Crippen molar-refractivity contribution in [3.8, 4) is 11.1 Å². The Hall–Kier alpha value is -4.26. The molecule has 2 saturated heterocycles. The Morgan fingerprint density at radius 3 is 2.40 bits per heavy atom. The summed E-state index contributed by atoms with van der Waals surface area (Å²) in [5.74, 6) is -4.79. The second kappa shape index (κ2) is 14.9. The lowest BCUT2D eigenvalue weighted by Gasteiger charge is -2.46. The van der Waals surface area contributed by atoms with Crippen LogP contribution in [0, 0.1) is 11.6 Å². The Bertz CT molecular complexity index is 1920. The van der Waals surface area contributed by atoms with Crippen LogP contribution in [0.1, 0.15) is 36.6 Å². The normalized spacial score (nSPS) is 20.2. The fourth-order valence-corrected chi connectivity index (χ4v) is 7.55. The largest absolute Gasteiger partial charge is 0.509 e. The topological polar surface area (TPSA) is 98.2 Å². The van der Waals surface area contributed by atoms with Crippen molar-refractivity contribution in [2.75, 3.05) is 50.5 Å². The first-order chi connectivity index (χ1) is 25.0. The number of hydrogen-bond acceptors (Lipinski definition) is 8. The molecule has 0 spiro atoms. The maximum atomic E-state index is 15.5. The number of carbonyl (C=O) groups excluding carboxylic acids is 2. The van der Waals surface area contributed by atoms with Crippen molar-refractivity contribution in [1.82, 2.24) is 19.9 Å². The number of hydrogen-bond donors (Lipinski definition) is 2. The number of nitrogens with one attached hydrogen (secondary N) is 1. The smallest absolute Gasteiger partial charge is 0.433 e. The summed E-state index contributed by atoms with van der Waals surface area (Å²) in [5, 5.41) is 16.2. The quantitative estimate of drug-likeness (QED) is 0.136. The molecule has 0 aliphatic carbocycles. The molecule has 3 aromatic rings. The number of aliphatic hydroxyl groups excluding tert-OH is 1. The number of aromatic nitrogens is 1. The second-order valence-corrected chi connectivity index (χ2v) is 14.0. The van der Waals surface area contributed by atoms with Crippen molar-refractivity contribution < 1.29 is 54.6 Å². The van der Waals surface area contributed by atoms with Gasteiger partial charge in [-0.25, -0.2) is 13.8 Å². The van der Waals surface area contributed by atoms with E-state index in [-0.39, 0.29) is 40.2 Å². The second-order valence-electron chi connectivity index (χ2n) is 12.9. The molecule has 2 aromatic carbocycles. The molecular formula is C35H33F8N5O4S. The van der Waals surface area contributed by atoms with E-state index in [2.05, 4.69) is 15.2 Å². The Morgan fingerprint density at radius 2 is 1.74 bits per heavy atom. The molecule has 1 atom stereocenters. The van der Waals surface area contributed by atoms with Crippen molar-refractivity contribution in [3.63, 3.8) is 0 Å². The van der Waals surface area contributed by atoms with Gasteiger partial charge in [0.1, 0.15) is 17.0 Å². The lowest BCUT2D eigenvalue weighted by atomic mass is 9.90. The first-order valence-corrected chi connectivity index (χ1v) is 17.5. The molecular weight excluding hydrogens is 738 g/mol. The highest BCUT2D eigenvalue weighted by molar-refractivity contribution is 7.99. The Labute approximate surface area is 302 Å². The first-order valence-electron chi connectivity index (χ1n) is 16.5. The summed E-state index contributed by atoms with van der Waals surface area (Å²) in [4.78, 5) is 33.3. The van der Waals surface area contributed by atoms with Gasteiger partial charge in [-0.2, -0.15) is 26.3 Å². The lowest BCUT2D eigenvalue weighted by molar-refractivity contribution is -0.160. The number of alkyl halides is 6. The Morgan fingerprint density at radius 1 is 1.00 bits per heavy atom.